The van der Waals surface area contributed by atoms with Gasteiger partial charge in [-0.1, -0.05) is 5.16 Å². The van der Waals surface area contributed by atoms with Crippen LogP contribution in [0.3, 0.4) is 0 Å². The fourth-order valence-electron chi connectivity index (χ4n) is 2.49. The Hall–Kier alpha value is -3.56. The number of carbonyl (C=O) groups is 2. The second kappa shape index (κ2) is 7.99. The van der Waals surface area contributed by atoms with Crippen LogP contribution >= 0.6 is 0 Å². The van der Waals surface area contributed by atoms with Gasteiger partial charge in [0.25, 0.3) is 5.91 Å². The fraction of sp³-hybridized carbons (Fsp3) is 0.222. The van der Waals surface area contributed by atoms with E-state index >= 15 is 0 Å². The number of amides is 2. The van der Waals surface area contributed by atoms with Crippen molar-refractivity contribution >= 4 is 11.8 Å². The first-order valence-corrected chi connectivity index (χ1v) is 8.34. The van der Waals surface area contributed by atoms with Crippen LogP contribution in [0, 0.1) is 18.6 Å². The highest BCUT2D eigenvalue weighted by atomic mass is 19.1. The Kier molecular flexibility index (Phi) is 5.48. The van der Waals surface area contributed by atoms with Crippen molar-refractivity contribution < 1.29 is 22.9 Å². The molecule has 1 unspecified atom stereocenters. The van der Waals surface area contributed by atoms with Crippen molar-refractivity contribution in [1.29, 1.82) is 0 Å². The van der Waals surface area contributed by atoms with Gasteiger partial charge in [0.05, 0.1) is 24.5 Å². The number of hydrogen-bond acceptors (Lipinski definition) is 5. The number of hydrogen-bond donors (Lipinski definition) is 3. The molecule has 0 saturated carbocycles. The molecule has 3 rings (SSSR count). The summed E-state index contributed by atoms with van der Waals surface area (Å²) in [4.78, 5) is 30.9. The second-order valence-electron chi connectivity index (χ2n) is 6.10. The number of imidazole rings is 1. The maximum Gasteiger partial charge on any atom is 0.273 e. The Morgan fingerprint density at radius 2 is 2.07 bits per heavy atom. The number of nitrogens with zero attached hydrogens (tertiary/aromatic N) is 2. The van der Waals surface area contributed by atoms with Crippen LogP contribution in [0.25, 0.3) is 11.3 Å². The van der Waals surface area contributed by atoms with Gasteiger partial charge in [-0.3, -0.25) is 9.59 Å². The van der Waals surface area contributed by atoms with Crippen LogP contribution in [-0.2, 0) is 4.79 Å². The van der Waals surface area contributed by atoms with E-state index in [1.54, 1.807) is 13.8 Å². The third kappa shape index (κ3) is 4.40. The van der Waals surface area contributed by atoms with E-state index in [0.717, 1.165) is 12.1 Å². The molecule has 1 atom stereocenters. The maximum atomic E-state index is 13.9. The number of halogens is 2. The summed E-state index contributed by atoms with van der Waals surface area (Å²) in [5.41, 5.74) is 0.590. The van der Waals surface area contributed by atoms with Gasteiger partial charge in [-0.25, -0.2) is 13.8 Å². The number of carbonyl (C=O) groups excluding carboxylic acids is 2. The fourth-order valence-corrected chi connectivity index (χ4v) is 2.49. The van der Waals surface area contributed by atoms with Crippen molar-refractivity contribution in [3.8, 4) is 11.3 Å². The van der Waals surface area contributed by atoms with Gasteiger partial charge in [0.15, 0.2) is 5.69 Å². The zero-order valence-electron chi connectivity index (χ0n) is 15.0. The minimum Gasteiger partial charge on any atom is -0.361 e. The first-order valence-electron chi connectivity index (χ1n) is 8.34. The lowest BCUT2D eigenvalue weighted by molar-refractivity contribution is -0.120. The summed E-state index contributed by atoms with van der Waals surface area (Å²) in [6.07, 6.45) is 1.39. The smallest absolute Gasteiger partial charge is 0.273 e. The van der Waals surface area contributed by atoms with Gasteiger partial charge < -0.3 is 20.1 Å². The minimum absolute atomic E-state index is 0.0790. The van der Waals surface area contributed by atoms with E-state index in [-0.39, 0.29) is 17.8 Å². The third-order valence-electron chi connectivity index (χ3n) is 3.87. The van der Waals surface area contributed by atoms with Gasteiger partial charge in [0.1, 0.15) is 23.2 Å². The molecular formula is C18H17F2N5O3. The Bertz CT molecular complexity index is 1010. The number of H-pyrrole nitrogens is 1. The minimum atomic E-state index is -0.724. The molecule has 0 radical (unpaired) electrons. The van der Waals surface area contributed by atoms with Gasteiger partial charge in [0, 0.05) is 17.7 Å². The van der Waals surface area contributed by atoms with Crippen molar-refractivity contribution in [3.63, 3.8) is 0 Å². The van der Waals surface area contributed by atoms with E-state index in [4.69, 9.17) is 4.52 Å². The molecule has 10 heteroatoms. The molecule has 0 aliphatic carbocycles. The molecule has 28 heavy (non-hydrogen) atoms. The highest BCUT2D eigenvalue weighted by Crippen LogP contribution is 2.23. The van der Waals surface area contributed by atoms with Gasteiger partial charge in [-0.2, -0.15) is 0 Å². The summed E-state index contributed by atoms with van der Waals surface area (Å²) in [7, 11) is 0. The van der Waals surface area contributed by atoms with E-state index in [1.807, 2.05) is 0 Å². The van der Waals surface area contributed by atoms with Crippen LogP contribution in [0.1, 0.15) is 35.0 Å². The van der Waals surface area contributed by atoms with Crippen molar-refractivity contribution in [1.82, 2.24) is 25.8 Å². The summed E-state index contributed by atoms with van der Waals surface area (Å²) in [6, 6.07) is 4.14. The molecule has 2 aromatic heterocycles. The van der Waals surface area contributed by atoms with Gasteiger partial charge in [-0.15, -0.1) is 0 Å². The normalized spacial score (nSPS) is 11.9. The van der Waals surface area contributed by atoms with Gasteiger partial charge >= 0.3 is 0 Å². The Morgan fingerprint density at radius 1 is 1.29 bits per heavy atom. The summed E-state index contributed by atoms with van der Waals surface area (Å²) in [5.74, 6) is -1.53. The first kappa shape index (κ1) is 19.2. The average molecular weight is 389 g/mol. The number of rotatable bonds is 6. The standard InChI is InChI=1S/C18H17F2N5O3/c1-9-5-14(25-28-9)18(27)22-8-16(26)23-10(2)17-21-7-15(24-17)12-4-3-11(19)6-13(12)20/h3-7,10H,8H2,1-2H3,(H,21,24)(H,22,27)(H,23,26). The van der Waals surface area contributed by atoms with Crippen LogP contribution in [-0.4, -0.2) is 33.5 Å². The first-order chi connectivity index (χ1) is 13.3. The molecule has 8 nitrogen and oxygen atoms in total. The Labute approximate surface area is 158 Å². The maximum absolute atomic E-state index is 13.9. The quantitative estimate of drug-likeness (QED) is 0.599. The number of nitrogens with one attached hydrogen (secondary N) is 3. The van der Waals surface area contributed by atoms with Crippen molar-refractivity contribution in [3.05, 3.63) is 59.4 Å². The predicted molar refractivity (Wildman–Crippen MR) is 94.1 cm³/mol. The summed E-state index contributed by atoms with van der Waals surface area (Å²) in [6.45, 7) is 3.05. The summed E-state index contributed by atoms with van der Waals surface area (Å²) in [5, 5.41) is 8.63. The van der Waals surface area contributed by atoms with E-state index in [2.05, 4.69) is 25.8 Å². The molecule has 0 saturated heterocycles. The monoisotopic (exact) mass is 389 g/mol. The van der Waals surface area contributed by atoms with Crippen molar-refractivity contribution in [2.24, 2.45) is 0 Å². The number of benzene rings is 1. The Morgan fingerprint density at radius 3 is 2.75 bits per heavy atom. The summed E-state index contributed by atoms with van der Waals surface area (Å²) < 4.78 is 31.7. The van der Waals surface area contributed by atoms with Crippen LogP contribution in [0.5, 0.6) is 0 Å². The average Bonchev–Trinajstić information content (AvgIpc) is 3.29. The molecule has 3 aromatic rings. The molecule has 0 aliphatic rings. The number of aryl methyl sites for hydroxylation is 1. The Balaban J connectivity index is 1.57. The highest BCUT2D eigenvalue weighted by Gasteiger charge is 2.17. The second-order valence-corrected chi connectivity index (χ2v) is 6.10. The molecule has 2 amide bonds. The molecule has 1 aromatic carbocycles. The predicted octanol–water partition coefficient (Wildman–Crippen LogP) is 2.26. The summed E-state index contributed by atoms with van der Waals surface area (Å²) >= 11 is 0. The molecule has 146 valence electrons. The van der Waals surface area contributed by atoms with E-state index < -0.39 is 29.5 Å². The molecule has 2 heterocycles. The van der Waals surface area contributed by atoms with Crippen LogP contribution < -0.4 is 10.6 Å². The third-order valence-corrected chi connectivity index (χ3v) is 3.87. The lowest BCUT2D eigenvalue weighted by atomic mass is 10.1. The van der Waals surface area contributed by atoms with Crippen LogP contribution in [0.2, 0.25) is 0 Å². The van der Waals surface area contributed by atoms with E-state index in [9.17, 15) is 18.4 Å². The van der Waals surface area contributed by atoms with E-state index in [1.165, 1.54) is 18.3 Å². The van der Waals surface area contributed by atoms with Gasteiger partial charge in [-0.05, 0) is 26.0 Å². The topological polar surface area (TPSA) is 113 Å². The lowest BCUT2D eigenvalue weighted by Gasteiger charge is -2.12. The van der Waals surface area contributed by atoms with Crippen molar-refractivity contribution in [2.75, 3.05) is 6.54 Å². The lowest BCUT2D eigenvalue weighted by Crippen LogP contribution is -2.38. The number of aromatic amines is 1. The van der Waals surface area contributed by atoms with Crippen LogP contribution in [0.15, 0.2) is 35.0 Å². The SMILES string of the molecule is Cc1cc(C(=O)NCC(=O)NC(C)c2ncc(-c3ccc(F)cc3F)[nH]2)no1. The van der Waals surface area contributed by atoms with Gasteiger partial charge in [0.2, 0.25) is 5.91 Å². The largest absolute Gasteiger partial charge is 0.361 e. The molecule has 0 fully saturated rings. The van der Waals surface area contributed by atoms with Crippen LogP contribution in [0.4, 0.5) is 8.78 Å². The zero-order valence-corrected chi connectivity index (χ0v) is 15.0. The molecular weight excluding hydrogens is 372 g/mol. The molecule has 0 spiro atoms. The molecule has 3 N–H and O–H groups in total. The van der Waals surface area contributed by atoms with Crippen molar-refractivity contribution in [2.45, 2.75) is 19.9 Å². The zero-order chi connectivity index (χ0) is 20.3. The highest BCUT2D eigenvalue weighted by molar-refractivity contribution is 5.94. The molecule has 0 bridgehead atoms. The molecule has 0 aliphatic heterocycles. The number of aromatic nitrogens is 3. The van der Waals surface area contributed by atoms with E-state index in [0.29, 0.717) is 17.3 Å².